The molecule has 13 rings (SSSR count). The van der Waals surface area contributed by atoms with Crippen molar-refractivity contribution in [1.29, 1.82) is 0 Å². The van der Waals surface area contributed by atoms with Gasteiger partial charge < -0.3 is 13.3 Å². The lowest BCUT2D eigenvalue weighted by molar-refractivity contribution is 0.523. The third-order valence-corrected chi connectivity index (χ3v) is 13.2. The number of furan rings is 3. The zero-order chi connectivity index (χ0) is 39.5. The second-order valence-electron chi connectivity index (χ2n) is 16.4. The Morgan fingerprint density at radius 3 is 1.88 bits per heavy atom. The number of rotatable bonds is 5. The van der Waals surface area contributed by atoms with E-state index >= 15 is 0 Å². The summed E-state index contributed by atoms with van der Waals surface area (Å²) in [5, 5.41) is 11.7. The lowest BCUT2D eigenvalue weighted by Gasteiger charge is -2.22. The number of hydrogen-bond acceptors (Lipinski definition) is 4. The van der Waals surface area contributed by atoms with Crippen LogP contribution in [-0.4, -0.2) is 5.71 Å². The average molecular weight is 772 g/mol. The summed E-state index contributed by atoms with van der Waals surface area (Å²) in [4.78, 5) is 5.70. The van der Waals surface area contributed by atoms with Gasteiger partial charge in [-0.25, -0.2) is 0 Å². The van der Waals surface area contributed by atoms with Gasteiger partial charge in [0, 0.05) is 37.9 Å². The molecule has 60 heavy (non-hydrogen) atoms. The summed E-state index contributed by atoms with van der Waals surface area (Å²) in [6, 6.07) is 58.3. The molecule has 4 nitrogen and oxygen atoms in total. The van der Waals surface area contributed by atoms with Crippen molar-refractivity contribution in [2.45, 2.75) is 25.8 Å². The zero-order valence-corrected chi connectivity index (χ0v) is 32.9. The summed E-state index contributed by atoms with van der Waals surface area (Å²) in [5.41, 5.74) is 13.4. The Hall–Kier alpha value is -7.43. The van der Waals surface area contributed by atoms with Crippen LogP contribution in [0, 0.1) is 5.92 Å². The van der Waals surface area contributed by atoms with E-state index < -0.39 is 0 Å². The van der Waals surface area contributed by atoms with Crippen LogP contribution in [0.3, 0.4) is 0 Å². The van der Waals surface area contributed by atoms with E-state index in [1.165, 1.54) is 54.6 Å². The Kier molecular flexibility index (Phi) is 7.14. The van der Waals surface area contributed by atoms with E-state index in [-0.39, 0.29) is 6.04 Å². The SMILES string of the molecule is CCC1CC(c2cccc3oc4cc(-c5cccc6c7cccc8oc9cccc(c56)c9c87)ccc4c23)N=C(c2ccc3c(c2)oc2ccccc23)C=C1c1ccccc1. The van der Waals surface area contributed by atoms with E-state index in [1.807, 2.05) is 12.1 Å². The topological polar surface area (TPSA) is 51.8 Å². The molecule has 284 valence electrons. The van der Waals surface area contributed by atoms with Crippen molar-refractivity contribution in [2.75, 3.05) is 0 Å². The molecule has 0 radical (unpaired) electrons. The predicted molar refractivity (Wildman–Crippen MR) is 248 cm³/mol. The molecule has 4 heterocycles. The van der Waals surface area contributed by atoms with Crippen molar-refractivity contribution < 1.29 is 13.3 Å². The summed E-state index contributed by atoms with van der Waals surface area (Å²) in [6.07, 6.45) is 4.21. The Balaban J connectivity index is 0.982. The lowest BCUT2D eigenvalue weighted by Crippen LogP contribution is -2.07. The highest BCUT2D eigenvalue weighted by Gasteiger charge is 2.28. The van der Waals surface area contributed by atoms with E-state index in [1.54, 1.807) is 0 Å². The van der Waals surface area contributed by atoms with Crippen LogP contribution in [0.2, 0.25) is 0 Å². The molecule has 0 bridgehead atoms. The molecule has 12 aromatic rings. The van der Waals surface area contributed by atoms with Crippen LogP contribution in [0.4, 0.5) is 0 Å². The first-order valence-electron chi connectivity index (χ1n) is 21.0. The quantitative estimate of drug-likeness (QED) is 0.164. The minimum atomic E-state index is -0.105. The van der Waals surface area contributed by atoms with Crippen LogP contribution >= 0.6 is 0 Å². The normalized spacial score (nSPS) is 16.3. The number of allylic oxidation sites excluding steroid dienone is 2. The summed E-state index contributed by atoms with van der Waals surface area (Å²) in [5.74, 6) is 0.295. The number of hydrogen-bond donors (Lipinski definition) is 0. The highest BCUT2D eigenvalue weighted by Crippen LogP contribution is 2.47. The minimum absolute atomic E-state index is 0.105. The van der Waals surface area contributed by atoms with Gasteiger partial charge in [0.2, 0.25) is 0 Å². The third kappa shape index (κ3) is 4.88. The maximum atomic E-state index is 6.81. The molecule has 0 saturated carbocycles. The number of benzene rings is 9. The first-order valence-corrected chi connectivity index (χ1v) is 21.0. The third-order valence-electron chi connectivity index (χ3n) is 13.2. The first-order chi connectivity index (χ1) is 29.7. The fourth-order valence-corrected chi connectivity index (χ4v) is 10.4. The van der Waals surface area contributed by atoms with Gasteiger partial charge in [-0.15, -0.1) is 0 Å². The summed E-state index contributed by atoms with van der Waals surface area (Å²) in [7, 11) is 0. The molecular formula is C56H37NO3. The van der Waals surface area contributed by atoms with Crippen molar-refractivity contribution in [3.05, 3.63) is 187 Å². The van der Waals surface area contributed by atoms with E-state index in [4.69, 9.17) is 18.2 Å². The van der Waals surface area contributed by atoms with Gasteiger partial charge in [-0.1, -0.05) is 122 Å². The van der Waals surface area contributed by atoms with Gasteiger partial charge in [0.15, 0.2) is 0 Å². The van der Waals surface area contributed by atoms with E-state index in [0.29, 0.717) is 5.92 Å². The van der Waals surface area contributed by atoms with Crippen LogP contribution in [-0.2, 0) is 0 Å². The molecule has 0 amide bonds. The first kappa shape index (κ1) is 33.5. The van der Waals surface area contributed by atoms with Gasteiger partial charge >= 0.3 is 0 Å². The molecule has 9 aromatic carbocycles. The molecule has 4 heteroatoms. The molecule has 0 saturated heterocycles. The zero-order valence-electron chi connectivity index (χ0n) is 32.9. The molecule has 2 atom stereocenters. The standard InChI is InChI=1S/C56H37NO3/c1-2-32-28-46(57-45(31-44(32)33-12-4-3-5-13-33)35-25-26-38-37-14-6-7-20-47(37)58-51(38)30-35)41-18-10-21-48-54(41)42-27-24-34(29-52(42)60-48)36-15-8-16-39-40-17-9-22-49-55(40)56-43(53(36)39)19-11-23-50(56)59-49/h3-27,29-32,46H,2,28H2,1H3. The highest BCUT2D eigenvalue weighted by atomic mass is 16.3. The van der Waals surface area contributed by atoms with Gasteiger partial charge in [-0.2, -0.15) is 0 Å². The second-order valence-corrected chi connectivity index (χ2v) is 16.4. The van der Waals surface area contributed by atoms with Gasteiger partial charge in [0.25, 0.3) is 0 Å². The number of aliphatic imine (C=N–C) groups is 1. The molecular weight excluding hydrogens is 735 g/mol. The molecule has 0 aliphatic carbocycles. The maximum absolute atomic E-state index is 6.81. The number of fused-ring (bicyclic) bond motifs is 9. The lowest BCUT2D eigenvalue weighted by atomic mass is 9.83. The summed E-state index contributed by atoms with van der Waals surface area (Å²) < 4.78 is 19.6. The van der Waals surface area contributed by atoms with Crippen LogP contribution < -0.4 is 0 Å². The largest absolute Gasteiger partial charge is 0.456 e. The van der Waals surface area contributed by atoms with Gasteiger partial charge in [0.05, 0.1) is 11.8 Å². The Labute approximate surface area is 345 Å². The Morgan fingerprint density at radius 2 is 1.03 bits per heavy atom. The summed E-state index contributed by atoms with van der Waals surface area (Å²) in [6.45, 7) is 2.30. The van der Waals surface area contributed by atoms with Gasteiger partial charge in [-0.3, -0.25) is 4.99 Å². The Morgan fingerprint density at radius 1 is 0.450 bits per heavy atom. The van der Waals surface area contributed by atoms with E-state index in [0.717, 1.165) is 84.7 Å². The molecule has 0 fully saturated rings. The fourth-order valence-electron chi connectivity index (χ4n) is 10.4. The molecule has 0 spiro atoms. The van der Waals surface area contributed by atoms with Crippen molar-refractivity contribution in [3.8, 4) is 11.1 Å². The van der Waals surface area contributed by atoms with Crippen LogP contribution in [0.15, 0.2) is 188 Å². The van der Waals surface area contributed by atoms with Crippen molar-refractivity contribution in [1.82, 2.24) is 0 Å². The monoisotopic (exact) mass is 771 g/mol. The van der Waals surface area contributed by atoms with Crippen molar-refractivity contribution in [3.63, 3.8) is 0 Å². The molecule has 1 aliphatic rings. The number of para-hydroxylation sites is 1. The minimum Gasteiger partial charge on any atom is -0.456 e. The molecule has 0 N–H and O–H groups in total. The average Bonchev–Trinajstić information content (AvgIpc) is 3.95. The smallest absolute Gasteiger partial charge is 0.136 e. The van der Waals surface area contributed by atoms with Crippen molar-refractivity contribution in [2.24, 2.45) is 10.9 Å². The van der Waals surface area contributed by atoms with Crippen LogP contribution in [0.1, 0.15) is 42.5 Å². The second kappa shape index (κ2) is 12.8. The van der Waals surface area contributed by atoms with E-state index in [9.17, 15) is 0 Å². The van der Waals surface area contributed by atoms with Gasteiger partial charge in [-0.05, 0) is 123 Å². The predicted octanol–water partition coefficient (Wildman–Crippen LogP) is 15.8. The van der Waals surface area contributed by atoms with Crippen molar-refractivity contribution >= 4 is 98.6 Å². The van der Waals surface area contributed by atoms with E-state index in [2.05, 4.69) is 165 Å². The summed E-state index contributed by atoms with van der Waals surface area (Å²) >= 11 is 0. The van der Waals surface area contributed by atoms with Gasteiger partial charge in [0.1, 0.15) is 33.5 Å². The highest BCUT2D eigenvalue weighted by molar-refractivity contribution is 6.35. The fraction of sp³-hybridized carbons (Fsp3) is 0.0893. The Bertz CT molecular complexity index is 3750. The van der Waals surface area contributed by atoms with Crippen LogP contribution in [0.5, 0.6) is 0 Å². The molecule has 1 aliphatic heterocycles. The molecule has 3 aromatic heterocycles. The maximum Gasteiger partial charge on any atom is 0.136 e. The van der Waals surface area contributed by atoms with Crippen LogP contribution in [0.25, 0.3) is 104 Å². The molecule has 2 unspecified atom stereocenters. The number of nitrogens with zero attached hydrogens (tertiary/aromatic N) is 1.